The highest BCUT2D eigenvalue weighted by atomic mass is 31.1. The van der Waals surface area contributed by atoms with E-state index in [0.29, 0.717) is 6.47 Å². The fraction of sp³-hybridized carbons (Fsp3) is 0.300. The molecule has 0 heterocycles. The van der Waals surface area contributed by atoms with Gasteiger partial charge in [0.15, 0.2) is 0 Å². The Kier molecular flexibility index (Phi) is 14.5. The van der Waals surface area contributed by atoms with Crippen LogP contribution in [-0.2, 0) is 31.7 Å². The molecule has 0 spiro atoms. The second-order valence-electron chi connectivity index (χ2n) is 5.74. The number of carbonyl (C=O) groups is 1. The van der Waals surface area contributed by atoms with Gasteiger partial charge in [0.25, 0.3) is 6.47 Å². The number of aryl methyl sites for hydroxylation is 2. The van der Waals surface area contributed by atoms with Crippen LogP contribution in [0.3, 0.4) is 0 Å². The minimum atomic E-state index is -0.0945. The minimum absolute atomic E-state index is 0.0385. The van der Waals surface area contributed by atoms with Crippen LogP contribution in [0.2, 0.25) is 0 Å². The second kappa shape index (κ2) is 15.9. The van der Waals surface area contributed by atoms with Crippen LogP contribution in [-0.4, -0.2) is 25.0 Å². The Labute approximate surface area is 162 Å². The summed E-state index contributed by atoms with van der Waals surface area (Å²) in [7, 11) is 0.0385. The molecule has 0 bridgehead atoms. The summed E-state index contributed by atoms with van der Waals surface area (Å²) in [6, 6.07) is 16.7. The van der Waals surface area contributed by atoms with E-state index in [1.165, 1.54) is 22.3 Å². The van der Waals surface area contributed by atoms with Crippen LogP contribution in [0.25, 0.3) is 0 Å². The van der Waals surface area contributed by atoms with E-state index >= 15 is 0 Å². The van der Waals surface area contributed by atoms with Gasteiger partial charge in [-0.05, 0) is 44.4 Å². The van der Waals surface area contributed by atoms with Crippen molar-refractivity contribution in [3.05, 3.63) is 70.8 Å². The number of hydrogen-bond acceptors (Lipinski definition) is 6. The molecule has 0 radical (unpaired) electrons. The monoisotopic (exact) mass is 390 g/mol. The molecule has 6 nitrogen and oxygen atoms in total. The van der Waals surface area contributed by atoms with E-state index in [4.69, 9.17) is 21.1 Å². The molecular weight excluding hydrogens is 363 g/mol. The molecule has 0 amide bonds. The van der Waals surface area contributed by atoms with Gasteiger partial charge in [0.1, 0.15) is 0 Å². The van der Waals surface area contributed by atoms with Crippen LogP contribution >= 0.6 is 8.81 Å². The van der Waals surface area contributed by atoms with Gasteiger partial charge in [0, 0.05) is 0 Å². The Balaban J connectivity index is 0.000000455. The van der Waals surface area contributed by atoms with Gasteiger partial charge in [-0.25, -0.2) is 0 Å². The summed E-state index contributed by atoms with van der Waals surface area (Å²) in [6.07, 6.45) is 1.98. The maximum atomic E-state index is 9.94. The lowest BCUT2D eigenvalue weighted by Crippen LogP contribution is -2.17. The van der Waals surface area contributed by atoms with Gasteiger partial charge in [-0.3, -0.25) is 4.79 Å². The Hall–Kier alpha value is -2.36. The van der Waals surface area contributed by atoms with E-state index in [-0.39, 0.29) is 20.7 Å². The van der Waals surface area contributed by atoms with Crippen LogP contribution in [0.4, 0.5) is 0 Å². The zero-order chi connectivity index (χ0) is 20.5. The molecule has 2 aromatic carbocycles. The Morgan fingerprint density at radius 1 is 1.00 bits per heavy atom. The van der Waals surface area contributed by atoms with Crippen molar-refractivity contribution in [3.63, 3.8) is 0 Å². The zero-order valence-corrected chi connectivity index (χ0v) is 16.7. The number of benzene rings is 2. The minimum Gasteiger partial charge on any atom is -0.449 e. The Morgan fingerprint density at radius 3 is 1.85 bits per heavy atom. The first-order valence-electron chi connectivity index (χ1n) is 8.37. The van der Waals surface area contributed by atoms with Crippen molar-refractivity contribution in [1.82, 2.24) is 0 Å². The number of hydrogen-bond donors (Lipinski definition) is 2. The summed E-state index contributed by atoms with van der Waals surface area (Å²) in [5, 5.41) is 0. The molecule has 2 unspecified atom stereocenters. The van der Waals surface area contributed by atoms with Crippen molar-refractivity contribution in [2.24, 2.45) is 11.5 Å². The first-order valence-corrected chi connectivity index (χ1v) is 9.36. The Morgan fingerprint density at radius 2 is 1.44 bits per heavy atom. The van der Waals surface area contributed by atoms with E-state index in [1.54, 1.807) is 0 Å². The van der Waals surface area contributed by atoms with E-state index in [0.717, 1.165) is 19.4 Å². The summed E-state index contributed by atoms with van der Waals surface area (Å²) in [5.41, 5.74) is 16.2. The maximum Gasteiger partial charge on any atom is 0.373 e. The molecule has 27 heavy (non-hydrogen) atoms. The molecule has 0 aromatic heterocycles. The van der Waals surface area contributed by atoms with Gasteiger partial charge in [-0.1, -0.05) is 59.7 Å². The highest BCUT2D eigenvalue weighted by Crippen LogP contribution is 2.18. The lowest BCUT2D eigenvalue weighted by atomic mass is 10.1. The van der Waals surface area contributed by atoms with Gasteiger partial charge in [-0.15, -0.1) is 0 Å². The summed E-state index contributed by atoms with van der Waals surface area (Å²) in [5.74, 6) is -0.0945. The molecule has 0 aliphatic heterocycles. The van der Waals surface area contributed by atoms with Crippen LogP contribution in [0.5, 0.6) is 0 Å². The molecule has 4 N–H and O–H groups in total. The van der Waals surface area contributed by atoms with Gasteiger partial charge < -0.3 is 16.0 Å². The van der Waals surface area contributed by atoms with Crippen molar-refractivity contribution in [1.29, 1.82) is 0 Å². The van der Waals surface area contributed by atoms with E-state index < -0.39 is 0 Å². The second-order valence-corrected chi connectivity index (χ2v) is 6.95. The summed E-state index contributed by atoms with van der Waals surface area (Å²) < 4.78 is 4.61. The first-order chi connectivity index (χ1) is 13.0. The molecule has 0 aliphatic rings. The summed E-state index contributed by atoms with van der Waals surface area (Å²) in [4.78, 5) is 26.2. The third-order valence-corrected chi connectivity index (χ3v) is 4.14. The van der Waals surface area contributed by atoms with Gasteiger partial charge in [0.2, 0.25) is 0 Å². The van der Waals surface area contributed by atoms with Crippen molar-refractivity contribution < 1.29 is 18.9 Å². The highest BCUT2D eigenvalue weighted by Gasteiger charge is 2.04. The van der Waals surface area contributed by atoms with Gasteiger partial charge in [0.05, 0.1) is 14.6 Å². The molecule has 7 heteroatoms. The fourth-order valence-electron chi connectivity index (χ4n) is 2.06. The molecule has 0 saturated heterocycles. The smallest absolute Gasteiger partial charge is 0.373 e. The van der Waals surface area contributed by atoms with E-state index in [2.05, 4.69) is 35.7 Å². The quantitative estimate of drug-likeness (QED) is 0.555. The SMILES string of the molecule is Cc1ccc(CC(N)POC=O)cc1.Cc1ccc(CCN)cc1.O=C=O. The van der Waals surface area contributed by atoms with Crippen LogP contribution in [0.15, 0.2) is 48.5 Å². The molecule has 0 saturated carbocycles. The molecule has 146 valence electrons. The number of rotatable bonds is 7. The highest BCUT2D eigenvalue weighted by molar-refractivity contribution is 7.33. The van der Waals surface area contributed by atoms with Crippen molar-refractivity contribution in [2.75, 3.05) is 6.54 Å². The van der Waals surface area contributed by atoms with Crippen LogP contribution < -0.4 is 11.5 Å². The molecule has 2 atom stereocenters. The van der Waals surface area contributed by atoms with Crippen molar-refractivity contribution in [2.45, 2.75) is 32.5 Å². The fourth-order valence-corrected chi connectivity index (χ4v) is 2.61. The molecule has 0 aliphatic carbocycles. The third kappa shape index (κ3) is 13.5. The Bertz CT molecular complexity index is 669. The first kappa shape index (κ1) is 24.6. The van der Waals surface area contributed by atoms with Crippen molar-refractivity contribution >= 4 is 21.4 Å². The largest absolute Gasteiger partial charge is 0.449 e. The lowest BCUT2D eigenvalue weighted by Gasteiger charge is -2.09. The number of nitrogens with two attached hydrogens (primary N) is 2. The topological polar surface area (TPSA) is 112 Å². The van der Waals surface area contributed by atoms with Gasteiger partial charge >= 0.3 is 6.15 Å². The van der Waals surface area contributed by atoms with Crippen molar-refractivity contribution in [3.8, 4) is 0 Å². The van der Waals surface area contributed by atoms with E-state index in [9.17, 15) is 4.79 Å². The van der Waals surface area contributed by atoms with Gasteiger partial charge in [-0.2, -0.15) is 9.59 Å². The van der Waals surface area contributed by atoms with Crippen LogP contribution in [0, 0.1) is 13.8 Å². The molecule has 0 fully saturated rings. The molecular formula is C20H27N2O4P. The molecule has 2 rings (SSSR count). The standard InChI is InChI=1S/C10H14NO2P.C9H13N.CO2/c1-8-2-4-9(5-3-8)6-10(11)14-13-7-12;1-8-2-4-9(5-3-8)6-7-10;2-1-3/h2-5,7,10,14H,6,11H2,1H3;2-5H,6-7,10H2,1H3;. The average molecular weight is 390 g/mol. The van der Waals surface area contributed by atoms with Crippen LogP contribution in [0.1, 0.15) is 22.3 Å². The molecule has 2 aromatic rings. The summed E-state index contributed by atoms with van der Waals surface area (Å²) in [6.45, 7) is 5.31. The van der Waals surface area contributed by atoms with E-state index in [1.807, 2.05) is 31.2 Å². The summed E-state index contributed by atoms with van der Waals surface area (Å²) >= 11 is 0. The predicted octanol–water partition coefficient (Wildman–Crippen LogP) is 2.50. The number of carbonyl (C=O) groups excluding carboxylic acids is 3. The normalized spacial score (nSPS) is 10.7. The average Bonchev–Trinajstić information content (AvgIpc) is 2.65. The lowest BCUT2D eigenvalue weighted by molar-refractivity contribution is -0.191. The maximum absolute atomic E-state index is 9.94. The zero-order valence-electron chi connectivity index (χ0n) is 15.7. The predicted molar refractivity (Wildman–Crippen MR) is 107 cm³/mol. The third-order valence-electron chi connectivity index (χ3n) is 3.40.